The van der Waals surface area contributed by atoms with Crippen LogP contribution in [0.25, 0.3) is 0 Å². The lowest BCUT2D eigenvalue weighted by Crippen LogP contribution is -2.46. The van der Waals surface area contributed by atoms with Crippen molar-refractivity contribution in [3.63, 3.8) is 0 Å². The van der Waals surface area contributed by atoms with Gasteiger partial charge in [-0.05, 0) is 49.9 Å². The van der Waals surface area contributed by atoms with Crippen molar-refractivity contribution in [1.29, 1.82) is 0 Å². The van der Waals surface area contributed by atoms with Gasteiger partial charge in [0.2, 0.25) is 0 Å². The molecule has 114 valence electrons. The second kappa shape index (κ2) is 7.06. The van der Waals surface area contributed by atoms with Gasteiger partial charge in [0.05, 0.1) is 0 Å². The van der Waals surface area contributed by atoms with E-state index >= 15 is 0 Å². The van der Waals surface area contributed by atoms with Gasteiger partial charge in [0, 0.05) is 29.4 Å². The van der Waals surface area contributed by atoms with E-state index in [0.29, 0.717) is 17.7 Å². The summed E-state index contributed by atoms with van der Waals surface area (Å²) >= 11 is 3.56. The number of likely N-dealkylation sites (tertiary alicyclic amines) is 1. The zero-order chi connectivity index (χ0) is 14.7. The van der Waals surface area contributed by atoms with Gasteiger partial charge < -0.3 is 0 Å². The highest BCUT2D eigenvalue weighted by Crippen LogP contribution is 2.32. The molecule has 1 heterocycles. The van der Waals surface area contributed by atoms with Crippen molar-refractivity contribution in [1.82, 2.24) is 4.90 Å². The summed E-state index contributed by atoms with van der Waals surface area (Å²) in [7, 11) is 0. The number of hydrogen-bond acceptors (Lipinski definition) is 2. The Morgan fingerprint density at radius 1 is 1.14 bits per heavy atom. The minimum Gasteiger partial charge on any atom is -0.299 e. The van der Waals surface area contributed by atoms with E-state index < -0.39 is 0 Å². The second-order valence-corrected chi connectivity index (χ2v) is 7.40. The Labute approximate surface area is 136 Å². The van der Waals surface area contributed by atoms with Crippen molar-refractivity contribution >= 4 is 21.7 Å². The Hall–Kier alpha value is -0.670. The molecule has 0 aromatic heterocycles. The SMILES string of the molecule is O=C1CCCCC1C1CCCCN1Cc1cccc(Br)c1. The van der Waals surface area contributed by atoms with E-state index in [-0.39, 0.29) is 0 Å². The molecule has 1 saturated carbocycles. The standard InChI is InChI=1S/C18H24BrNO/c19-15-7-5-6-14(12-15)13-20-11-4-3-9-17(20)16-8-1-2-10-18(16)21/h5-7,12,16-17H,1-4,8-11,13H2. The van der Waals surface area contributed by atoms with Gasteiger partial charge in [-0.15, -0.1) is 0 Å². The molecule has 21 heavy (non-hydrogen) atoms. The number of rotatable bonds is 3. The third-order valence-corrected chi connectivity index (χ3v) is 5.50. The van der Waals surface area contributed by atoms with Gasteiger partial charge in [0.1, 0.15) is 5.78 Å². The van der Waals surface area contributed by atoms with Crippen LogP contribution in [0, 0.1) is 5.92 Å². The fourth-order valence-corrected chi connectivity index (χ4v) is 4.40. The third-order valence-electron chi connectivity index (χ3n) is 5.01. The van der Waals surface area contributed by atoms with E-state index in [4.69, 9.17) is 0 Å². The first-order chi connectivity index (χ1) is 10.2. The van der Waals surface area contributed by atoms with Crippen LogP contribution in [0.15, 0.2) is 28.7 Å². The van der Waals surface area contributed by atoms with Crippen LogP contribution in [0.5, 0.6) is 0 Å². The maximum absolute atomic E-state index is 12.3. The first kappa shape index (κ1) is 15.2. The fraction of sp³-hybridized carbons (Fsp3) is 0.611. The average Bonchev–Trinajstić information content (AvgIpc) is 2.49. The maximum Gasteiger partial charge on any atom is 0.137 e. The van der Waals surface area contributed by atoms with Gasteiger partial charge in [-0.2, -0.15) is 0 Å². The Morgan fingerprint density at radius 3 is 2.81 bits per heavy atom. The molecule has 0 amide bonds. The highest BCUT2D eigenvalue weighted by atomic mass is 79.9. The van der Waals surface area contributed by atoms with Crippen LogP contribution < -0.4 is 0 Å². The molecule has 1 saturated heterocycles. The van der Waals surface area contributed by atoms with Gasteiger partial charge in [-0.25, -0.2) is 0 Å². The number of Topliss-reactive ketones (excluding diaryl/α,β-unsaturated/α-hetero) is 1. The maximum atomic E-state index is 12.3. The molecule has 2 nitrogen and oxygen atoms in total. The molecule has 0 N–H and O–H groups in total. The molecule has 2 aliphatic rings. The Morgan fingerprint density at radius 2 is 2.00 bits per heavy atom. The van der Waals surface area contributed by atoms with Gasteiger partial charge in [-0.3, -0.25) is 9.69 Å². The minimum absolute atomic E-state index is 0.297. The molecule has 0 bridgehead atoms. The average molecular weight is 350 g/mol. The molecule has 3 rings (SSSR count). The first-order valence-electron chi connectivity index (χ1n) is 8.25. The highest BCUT2D eigenvalue weighted by Gasteiger charge is 2.35. The van der Waals surface area contributed by atoms with Crippen LogP contribution >= 0.6 is 15.9 Å². The van der Waals surface area contributed by atoms with Crippen LogP contribution in [-0.4, -0.2) is 23.3 Å². The minimum atomic E-state index is 0.297. The number of piperidine rings is 1. The summed E-state index contributed by atoms with van der Waals surface area (Å²) in [6, 6.07) is 9.05. The summed E-state index contributed by atoms with van der Waals surface area (Å²) in [6.07, 6.45) is 8.01. The van der Waals surface area contributed by atoms with Crippen LogP contribution in [0.3, 0.4) is 0 Å². The number of ketones is 1. The molecular weight excluding hydrogens is 326 g/mol. The van der Waals surface area contributed by atoms with Crippen LogP contribution in [0.2, 0.25) is 0 Å². The van der Waals surface area contributed by atoms with Crippen molar-refractivity contribution in [3.05, 3.63) is 34.3 Å². The van der Waals surface area contributed by atoms with Crippen molar-refractivity contribution in [2.75, 3.05) is 6.54 Å². The van der Waals surface area contributed by atoms with E-state index in [9.17, 15) is 4.79 Å². The highest BCUT2D eigenvalue weighted by molar-refractivity contribution is 9.10. The van der Waals surface area contributed by atoms with Crippen molar-refractivity contribution in [2.24, 2.45) is 5.92 Å². The number of nitrogens with zero attached hydrogens (tertiary/aromatic N) is 1. The van der Waals surface area contributed by atoms with Crippen molar-refractivity contribution in [3.8, 4) is 0 Å². The normalized spacial score (nSPS) is 27.8. The number of carbonyl (C=O) groups is 1. The molecule has 3 heteroatoms. The number of benzene rings is 1. The van der Waals surface area contributed by atoms with E-state index in [0.717, 1.165) is 36.8 Å². The van der Waals surface area contributed by atoms with Gasteiger partial charge in [0.15, 0.2) is 0 Å². The van der Waals surface area contributed by atoms with Gasteiger partial charge in [-0.1, -0.05) is 40.9 Å². The number of halogens is 1. The Balaban J connectivity index is 1.73. The molecule has 2 unspecified atom stereocenters. The van der Waals surface area contributed by atoms with Crippen LogP contribution in [0.1, 0.15) is 50.5 Å². The van der Waals surface area contributed by atoms with Crippen molar-refractivity contribution < 1.29 is 4.79 Å². The zero-order valence-electron chi connectivity index (χ0n) is 12.6. The van der Waals surface area contributed by atoms with E-state index in [1.54, 1.807) is 0 Å². The largest absolute Gasteiger partial charge is 0.299 e. The molecule has 2 fully saturated rings. The molecular formula is C18H24BrNO. The van der Waals surface area contributed by atoms with Crippen LogP contribution in [-0.2, 0) is 11.3 Å². The van der Waals surface area contributed by atoms with Crippen LogP contribution in [0.4, 0.5) is 0 Å². The number of carbonyl (C=O) groups excluding carboxylic acids is 1. The molecule has 2 atom stereocenters. The first-order valence-corrected chi connectivity index (χ1v) is 9.04. The smallest absolute Gasteiger partial charge is 0.137 e. The lowest BCUT2D eigenvalue weighted by molar-refractivity contribution is -0.127. The lowest BCUT2D eigenvalue weighted by atomic mass is 9.79. The molecule has 1 aromatic carbocycles. The molecule has 0 radical (unpaired) electrons. The lowest BCUT2D eigenvalue weighted by Gasteiger charge is -2.41. The summed E-state index contributed by atoms with van der Waals surface area (Å²) in [4.78, 5) is 14.9. The predicted molar refractivity (Wildman–Crippen MR) is 89.2 cm³/mol. The summed E-state index contributed by atoms with van der Waals surface area (Å²) in [5.74, 6) is 0.818. The summed E-state index contributed by atoms with van der Waals surface area (Å²) in [6.45, 7) is 2.12. The quantitative estimate of drug-likeness (QED) is 0.796. The fourth-order valence-electron chi connectivity index (χ4n) is 3.96. The third kappa shape index (κ3) is 3.75. The Bertz CT molecular complexity index is 502. The molecule has 0 spiro atoms. The molecule has 1 aromatic rings. The monoisotopic (exact) mass is 349 g/mol. The van der Waals surface area contributed by atoms with E-state index in [2.05, 4.69) is 45.1 Å². The topological polar surface area (TPSA) is 20.3 Å². The number of hydrogen-bond donors (Lipinski definition) is 0. The van der Waals surface area contributed by atoms with Gasteiger partial charge >= 0.3 is 0 Å². The summed E-state index contributed by atoms with van der Waals surface area (Å²) < 4.78 is 1.14. The van der Waals surface area contributed by atoms with E-state index in [1.807, 2.05) is 0 Å². The zero-order valence-corrected chi connectivity index (χ0v) is 14.1. The van der Waals surface area contributed by atoms with Crippen molar-refractivity contribution in [2.45, 2.75) is 57.5 Å². The molecule has 1 aliphatic heterocycles. The predicted octanol–water partition coefficient (Wildman–Crippen LogP) is 4.56. The molecule has 1 aliphatic carbocycles. The Kier molecular flexibility index (Phi) is 5.12. The second-order valence-electron chi connectivity index (χ2n) is 6.48. The summed E-state index contributed by atoms with van der Waals surface area (Å²) in [5, 5.41) is 0. The van der Waals surface area contributed by atoms with E-state index in [1.165, 1.54) is 31.2 Å². The van der Waals surface area contributed by atoms with Gasteiger partial charge in [0.25, 0.3) is 0 Å². The summed E-state index contributed by atoms with van der Waals surface area (Å²) in [5.41, 5.74) is 1.35.